The molecule has 0 unspecified atom stereocenters. The lowest BCUT2D eigenvalue weighted by molar-refractivity contribution is 0.392. The molecule has 1 rings (SSSR count). The van der Waals surface area contributed by atoms with Crippen molar-refractivity contribution in [3.63, 3.8) is 0 Å². The third-order valence-electron chi connectivity index (χ3n) is 2.03. The van der Waals surface area contributed by atoms with Crippen LogP contribution in [-0.4, -0.2) is 24.1 Å². The van der Waals surface area contributed by atoms with E-state index in [0.29, 0.717) is 0 Å². The van der Waals surface area contributed by atoms with E-state index in [0.717, 1.165) is 18.8 Å². The van der Waals surface area contributed by atoms with E-state index < -0.39 is 0 Å². The van der Waals surface area contributed by atoms with E-state index in [1.165, 1.54) is 0 Å². The maximum absolute atomic E-state index is 4.20. The molecule has 0 radical (unpaired) electrons. The van der Waals surface area contributed by atoms with E-state index in [4.69, 9.17) is 0 Å². The predicted octanol–water partition coefficient (Wildman–Crippen LogP) is 1.23. The first kappa shape index (κ1) is 10.6. The highest BCUT2D eigenvalue weighted by molar-refractivity contribution is 7.07. The summed E-state index contributed by atoms with van der Waals surface area (Å²) in [7, 11) is 1.98. The summed E-state index contributed by atoms with van der Waals surface area (Å²) in [5.41, 5.74) is 3.13. The number of likely N-dealkylation sites (N-methyl/N-ethyl adjacent to an activating group) is 1. The summed E-state index contributed by atoms with van der Waals surface area (Å²) in [5.74, 6) is 0. The Bertz CT molecular complexity index is 231. The molecule has 0 atom stereocenters. The second-order valence-corrected chi connectivity index (χ2v) is 4.44. The standard InChI is InChI=1S/C9H17N3S/c1-9(2,10-3)6-11-4-8-5-13-7-12-8/h5,7,10-11H,4,6H2,1-3H3. The Morgan fingerprint density at radius 2 is 2.31 bits per heavy atom. The molecule has 0 spiro atoms. The maximum atomic E-state index is 4.20. The Morgan fingerprint density at radius 3 is 2.85 bits per heavy atom. The molecule has 3 nitrogen and oxygen atoms in total. The molecular formula is C9H17N3S. The Morgan fingerprint density at radius 1 is 1.54 bits per heavy atom. The zero-order valence-electron chi connectivity index (χ0n) is 8.42. The van der Waals surface area contributed by atoms with Crippen molar-refractivity contribution in [3.05, 3.63) is 16.6 Å². The van der Waals surface area contributed by atoms with E-state index >= 15 is 0 Å². The second-order valence-electron chi connectivity index (χ2n) is 3.72. The van der Waals surface area contributed by atoms with Crippen molar-refractivity contribution >= 4 is 11.3 Å². The van der Waals surface area contributed by atoms with Crippen LogP contribution in [0.5, 0.6) is 0 Å². The van der Waals surface area contributed by atoms with Gasteiger partial charge in [-0.2, -0.15) is 0 Å². The van der Waals surface area contributed by atoms with Crippen LogP contribution in [0.2, 0.25) is 0 Å². The monoisotopic (exact) mass is 199 g/mol. The van der Waals surface area contributed by atoms with Crippen LogP contribution in [0.3, 0.4) is 0 Å². The third kappa shape index (κ3) is 3.85. The smallest absolute Gasteiger partial charge is 0.0795 e. The molecule has 0 fully saturated rings. The highest BCUT2D eigenvalue weighted by Crippen LogP contribution is 2.02. The van der Waals surface area contributed by atoms with Gasteiger partial charge in [0.2, 0.25) is 0 Å². The van der Waals surface area contributed by atoms with E-state index in [1.807, 2.05) is 12.6 Å². The van der Waals surface area contributed by atoms with E-state index in [-0.39, 0.29) is 5.54 Å². The Kier molecular flexibility index (Phi) is 3.84. The van der Waals surface area contributed by atoms with Gasteiger partial charge in [-0.15, -0.1) is 11.3 Å². The number of aromatic nitrogens is 1. The highest BCUT2D eigenvalue weighted by Gasteiger charge is 2.13. The topological polar surface area (TPSA) is 37.0 Å². The number of nitrogens with one attached hydrogen (secondary N) is 2. The van der Waals surface area contributed by atoms with Crippen LogP contribution in [0.1, 0.15) is 19.5 Å². The summed E-state index contributed by atoms with van der Waals surface area (Å²) in [6.45, 7) is 6.14. The summed E-state index contributed by atoms with van der Waals surface area (Å²) in [6.07, 6.45) is 0. The highest BCUT2D eigenvalue weighted by atomic mass is 32.1. The van der Waals surface area contributed by atoms with E-state index in [1.54, 1.807) is 11.3 Å². The molecule has 1 aromatic rings. The summed E-state index contributed by atoms with van der Waals surface area (Å²) in [4.78, 5) is 4.20. The van der Waals surface area contributed by atoms with Crippen molar-refractivity contribution in [2.75, 3.05) is 13.6 Å². The van der Waals surface area contributed by atoms with Crippen molar-refractivity contribution < 1.29 is 0 Å². The average molecular weight is 199 g/mol. The summed E-state index contributed by atoms with van der Waals surface area (Å²) < 4.78 is 0. The quantitative estimate of drug-likeness (QED) is 0.749. The predicted molar refractivity (Wildman–Crippen MR) is 57.0 cm³/mol. The normalized spacial score (nSPS) is 11.9. The van der Waals surface area contributed by atoms with Gasteiger partial charge in [0.15, 0.2) is 0 Å². The van der Waals surface area contributed by atoms with Crippen LogP contribution in [0.25, 0.3) is 0 Å². The fourth-order valence-electron chi connectivity index (χ4n) is 0.916. The molecule has 0 bridgehead atoms. The fourth-order valence-corrected chi connectivity index (χ4v) is 1.47. The molecule has 0 aliphatic heterocycles. The van der Waals surface area contributed by atoms with Gasteiger partial charge >= 0.3 is 0 Å². The van der Waals surface area contributed by atoms with Gasteiger partial charge in [0.05, 0.1) is 11.2 Å². The van der Waals surface area contributed by atoms with Gasteiger partial charge in [-0.05, 0) is 20.9 Å². The van der Waals surface area contributed by atoms with Gasteiger partial charge in [0.1, 0.15) is 0 Å². The van der Waals surface area contributed by atoms with Crippen LogP contribution in [0.4, 0.5) is 0 Å². The lowest BCUT2D eigenvalue weighted by atomic mass is 10.1. The second kappa shape index (κ2) is 4.69. The zero-order valence-corrected chi connectivity index (χ0v) is 9.24. The van der Waals surface area contributed by atoms with Gasteiger partial charge in [0.25, 0.3) is 0 Å². The summed E-state index contributed by atoms with van der Waals surface area (Å²) >= 11 is 1.64. The first-order valence-electron chi connectivity index (χ1n) is 4.41. The lowest BCUT2D eigenvalue weighted by Gasteiger charge is -2.24. The zero-order chi connectivity index (χ0) is 9.73. The Hall–Kier alpha value is -0.450. The first-order valence-corrected chi connectivity index (χ1v) is 5.35. The van der Waals surface area contributed by atoms with Crippen molar-refractivity contribution in [2.24, 2.45) is 0 Å². The van der Waals surface area contributed by atoms with Crippen LogP contribution in [-0.2, 0) is 6.54 Å². The fraction of sp³-hybridized carbons (Fsp3) is 0.667. The summed E-state index contributed by atoms with van der Waals surface area (Å²) in [5, 5.41) is 8.67. The third-order valence-corrected chi connectivity index (χ3v) is 2.67. The molecule has 1 heterocycles. The van der Waals surface area contributed by atoms with Gasteiger partial charge in [-0.1, -0.05) is 0 Å². The van der Waals surface area contributed by atoms with Crippen LogP contribution in [0, 0.1) is 0 Å². The van der Waals surface area contributed by atoms with E-state index in [2.05, 4.69) is 34.8 Å². The summed E-state index contributed by atoms with van der Waals surface area (Å²) in [6, 6.07) is 0. The molecule has 0 aromatic carbocycles. The number of hydrogen-bond donors (Lipinski definition) is 2. The lowest BCUT2D eigenvalue weighted by Crippen LogP contribution is -2.45. The Labute approximate surface area is 83.6 Å². The van der Waals surface area contributed by atoms with Crippen LogP contribution >= 0.6 is 11.3 Å². The minimum absolute atomic E-state index is 0.149. The van der Waals surface area contributed by atoms with Crippen molar-refractivity contribution in [1.82, 2.24) is 15.6 Å². The molecule has 1 aromatic heterocycles. The van der Waals surface area contributed by atoms with Crippen molar-refractivity contribution in [2.45, 2.75) is 25.9 Å². The molecule has 74 valence electrons. The average Bonchev–Trinajstić information content (AvgIpc) is 2.57. The van der Waals surface area contributed by atoms with Crippen molar-refractivity contribution in [1.29, 1.82) is 0 Å². The minimum Gasteiger partial charge on any atom is -0.314 e. The van der Waals surface area contributed by atoms with Crippen molar-refractivity contribution in [3.8, 4) is 0 Å². The number of nitrogens with zero attached hydrogens (tertiary/aromatic N) is 1. The molecule has 0 aliphatic rings. The molecular weight excluding hydrogens is 182 g/mol. The molecule has 0 saturated heterocycles. The number of thiazole rings is 1. The Balaban J connectivity index is 2.21. The maximum Gasteiger partial charge on any atom is 0.0795 e. The molecule has 13 heavy (non-hydrogen) atoms. The van der Waals surface area contributed by atoms with E-state index in [9.17, 15) is 0 Å². The molecule has 0 aliphatic carbocycles. The van der Waals surface area contributed by atoms with Gasteiger partial charge in [-0.3, -0.25) is 0 Å². The molecule has 0 saturated carbocycles. The largest absolute Gasteiger partial charge is 0.314 e. The SMILES string of the molecule is CNC(C)(C)CNCc1cscn1. The molecule has 0 amide bonds. The van der Waals surface area contributed by atoms with Gasteiger partial charge in [-0.25, -0.2) is 4.98 Å². The van der Waals surface area contributed by atoms with Crippen LogP contribution in [0.15, 0.2) is 10.9 Å². The van der Waals surface area contributed by atoms with Gasteiger partial charge in [0, 0.05) is 24.0 Å². The van der Waals surface area contributed by atoms with Crippen LogP contribution < -0.4 is 10.6 Å². The molecule has 2 N–H and O–H groups in total. The molecule has 4 heteroatoms. The first-order chi connectivity index (χ1) is 6.14. The number of rotatable bonds is 5. The minimum atomic E-state index is 0.149. The number of hydrogen-bond acceptors (Lipinski definition) is 4. The van der Waals surface area contributed by atoms with Gasteiger partial charge < -0.3 is 10.6 Å².